The third kappa shape index (κ3) is 4.40. The number of aromatic nitrogens is 1. The van der Waals surface area contributed by atoms with Gasteiger partial charge in [-0.15, -0.1) is 0 Å². The second-order valence-electron chi connectivity index (χ2n) is 11.3. The molecular formula is C28H34FN5O4. The molecule has 5 rings (SSSR count). The molecule has 0 bridgehead atoms. The number of nitrogens with one attached hydrogen (secondary N) is 1. The van der Waals surface area contributed by atoms with E-state index in [1.165, 1.54) is 24.3 Å². The van der Waals surface area contributed by atoms with E-state index in [-0.39, 0.29) is 46.1 Å². The second kappa shape index (κ2) is 9.65. The number of nitrogens with two attached hydrogens (primary N) is 1. The van der Waals surface area contributed by atoms with Gasteiger partial charge < -0.3 is 25.6 Å². The number of hydrogen-bond donors (Lipinski definition) is 2. The van der Waals surface area contributed by atoms with Crippen molar-refractivity contribution in [1.29, 1.82) is 0 Å². The van der Waals surface area contributed by atoms with Crippen molar-refractivity contribution in [3.8, 4) is 5.75 Å². The van der Waals surface area contributed by atoms with Crippen molar-refractivity contribution in [3.05, 3.63) is 53.1 Å². The van der Waals surface area contributed by atoms with Crippen LogP contribution in [0.4, 0.5) is 10.1 Å². The topological polar surface area (TPSA) is 118 Å². The summed E-state index contributed by atoms with van der Waals surface area (Å²) in [6.45, 7) is 6.32. The number of methoxy groups -OCH3 is 1. The largest absolute Gasteiger partial charge is 0.493 e. The van der Waals surface area contributed by atoms with Crippen molar-refractivity contribution in [2.24, 2.45) is 23.0 Å². The molecule has 0 unspecified atom stereocenters. The molecule has 1 saturated carbocycles. The van der Waals surface area contributed by atoms with Gasteiger partial charge in [0, 0.05) is 18.4 Å². The summed E-state index contributed by atoms with van der Waals surface area (Å²) in [5, 5.41) is 2.82. The number of nitrogens with zero attached hydrogens (tertiary/aromatic N) is 3. The molecule has 202 valence electrons. The number of amides is 3. The van der Waals surface area contributed by atoms with Crippen LogP contribution in [0.15, 0.2) is 30.5 Å². The van der Waals surface area contributed by atoms with Crippen LogP contribution >= 0.6 is 0 Å². The lowest BCUT2D eigenvalue weighted by atomic mass is 9.88. The molecule has 2 aromatic rings. The predicted octanol–water partition coefficient (Wildman–Crippen LogP) is 2.87. The monoisotopic (exact) mass is 523 g/mol. The summed E-state index contributed by atoms with van der Waals surface area (Å²) in [6.07, 6.45) is 3.06. The van der Waals surface area contributed by atoms with E-state index in [0.717, 1.165) is 25.9 Å². The molecule has 3 N–H and O–H groups in total. The van der Waals surface area contributed by atoms with Gasteiger partial charge in [-0.3, -0.25) is 19.4 Å². The molecule has 9 nitrogen and oxygen atoms in total. The molecule has 3 atom stereocenters. The minimum absolute atomic E-state index is 0.0247. The maximum absolute atomic E-state index is 15.7. The highest BCUT2D eigenvalue weighted by atomic mass is 19.1. The molecule has 1 aliphatic carbocycles. The van der Waals surface area contributed by atoms with Crippen LogP contribution < -0.4 is 15.8 Å². The van der Waals surface area contributed by atoms with Crippen LogP contribution in [0.3, 0.4) is 0 Å². The first-order valence-corrected chi connectivity index (χ1v) is 13.0. The average Bonchev–Trinajstić information content (AvgIpc) is 3.22. The summed E-state index contributed by atoms with van der Waals surface area (Å²) in [4.78, 5) is 46.5. The van der Waals surface area contributed by atoms with Crippen molar-refractivity contribution < 1.29 is 23.5 Å². The predicted molar refractivity (Wildman–Crippen MR) is 139 cm³/mol. The number of hydrogen-bond acceptors (Lipinski definition) is 6. The Morgan fingerprint density at radius 2 is 1.89 bits per heavy atom. The van der Waals surface area contributed by atoms with E-state index in [0.29, 0.717) is 17.8 Å². The number of benzene rings is 1. The van der Waals surface area contributed by atoms with Crippen LogP contribution in [-0.2, 0) is 4.79 Å². The Morgan fingerprint density at radius 3 is 2.55 bits per heavy atom. The Morgan fingerprint density at radius 1 is 1.18 bits per heavy atom. The summed E-state index contributed by atoms with van der Waals surface area (Å²) in [5.41, 5.74) is 6.27. The quantitative estimate of drug-likeness (QED) is 0.601. The highest BCUT2D eigenvalue weighted by Crippen LogP contribution is 2.65. The van der Waals surface area contributed by atoms with Gasteiger partial charge in [0.25, 0.3) is 11.8 Å². The van der Waals surface area contributed by atoms with Gasteiger partial charge in [0.1, 0.15) is 11.7 Å². The molecular weight excluding hydrogens is 489 g/mol. The third-order valence-corrected chi connectivity index (χ3v) is 8.74. The summed E-state index contributed by atoms with van der Waals surface area (Å²) in [6, 6.07) is 5.52. The first-order chi connectivity index (χ1) is 18.0. The summed E-state index contributed by atoms with van der Waals surface area (Å²) < 4.78 is 21.1. The number of carbonyl (C=O) groups is 3. The Labute approximate surface area is 221 Å². The van der Waals surface area contributed by atoms with Gasteiger partial charge in [0.05, 0.1) is 12.7 Å². The molecule has 2 aliphatic heterocycles. The Hall–Kier alpha value is -3.53. The van der Waals surface area contributed by atoms with Gasteiger partial charge in [-0.05, 0) is 79.9 Å². The molecule has 3 fully saturated rings. The lowest BCUT2D eigenvalue weighted by Crippen LogP contribution is -2.47. The first kappa shape index (κ1) is 26.1. The van der Waals surface area contributed by atoms with Crippen molar-refractivity contribution in [2.45, 2.75) is 38.6 Å². The normalized spacial score (nSPS) is 24.6. The van der Waals surface area contributed by atoms with E-state index < -0.39 is 23.7 Å². The molecule has 3 heterocycles. The Balaban J connectivity index is 1.42. The number of rotatable bonds is 6. The molecule has 1 aromatic carbocycles. The molecule has 2 saturated heterocycles. The van der Waals surface area contributed by atoms with E-state index in [1.807, 2.05) is 0 Å². The number of halogens is 1. The number of carbonyl (C=O) groups excluding carboxylic acids is 3. The number of pyridine rings is 1. The van der Waals surface area contributed by atoms with E-state index >= 15 is 4.39 Å². The number of fused-ring (bicyclic) bond motifs is 1. The molecule has 3 aliphatic rings. The smallest absolute Gasteiger partial charge is 0.267 e. The molecule has 38 heavy (non-hydrogen) atoms. The molecule has 1 aromatic heterocycles. The zero-order valence-corrected chi connectivity index (χ0v) is 22.2. The Kier molecular flexibility index (Phi) is 6.63. The maximum Gasteiger partial charge on any atom is 0.267 e. The zero-order chi connectivity index (χ0) is 27.4. The minimum Gasteiger partial charge on any atom is -0.493 e. The SMILES string of the molecule is COc1c(C(=O)N2C[C@H]3[C@@H]([C@H]2C(=O)Nc2ccnc(C(N)=O)c2)C3(C)C)ccc(C2CCN(C)CC2)c1F. The van der Waals surface area contributed by atoms with Crippen molar-refractivity contribution in [1.82, 2.24) is 14.8 Å². The summed E-state index contributed by atoms with van der Waals surface area (Å²) >= 11 is 0. The highest BCUT2D eigenvalue weighted by Gasteiger charge is 2.69. The summed E-state index contributed by atoms with van der Waals surface area (Å²) in [5.74, 6) is -1.94. The van der Waals surface area contributed by atoms with Gasteiger partial charge in [0.2, 0.25) is 5.91 Å². The van der Waals surface area contributed by atoms with Crippen molar-refractivity contribution in [3.63, 3.8) is 0 Å². The van der Waals surface area contributed by atoms with Gasteiger partial charge in [-0.1, -0.05) is 19.9 Å². The van der Waals surface area contributed by atoms with Crippen LogP contribution in [0.2, 0.25) is 0 Å². The van der Waals surface area contributed by atoms with Crippen LogP contribution in [0, 0.1) is 23.1 Å². The molecule has 0 spiro atoms. The fraction of sp³-hybridized carbons (Fsp3) is 0.500. The average molecular weight is 524 g/mol. The highest BCUT2D eigenvalue weighted by molar-refractivity contribution is 6.04. The first-order valence-electron chi connectivity index (χ1n) is 13.0. The van der Waals surface area contributed by atoms with Gasteiger partial charge in [-0.25, -0.2) is 4.39 Å². The molecule has 3 amide bonds. The van der Waals surface area contributed by atoms with Crippen molar-refractivity contribution >= 4 is 23.4 Å². The zero-order valence-electron chi connectivity index (χ0n) is 22.2. The number of piperidine rings is 2. The van der Waals surface area contributed by atoms with Gasteiger partial charge in [0.15, 0.2) is 11.6 Å². The number of anilines is 1. The fourth-order valence-electron chi connectivity index (χ4n) is 6.38. The van der Waals surface area contributed by atoms with Crippen LogP contribution in [0.5, 0.6) is 5.75 Å². The van der Waals surface area contributed by atoms with Crippen LogP contribution in [-0.4, -0.2) is 72.3 Å². The van der Waals surface area contributed by atoms with E-state index in [1.54, 1.807) is 18.2 Å². The lowest BCUT2D eigenvalue weighted by Gasteiger charge is -2.31. The summed E-state index contributed by atoms with van der Waals surface area (Å²) in [7, 11) is 3.41. The van der Waals surface area contributed by atoms with Gasteiger partial charge in [-0.2, -0.15) is 0 Å². The number of primary amides is 1. The number of likely N-dealkylation sites (tertiary alicyclic amines) is 2. The van der Waals surface area contributed by atoms with Crippen LogP contribution in [0.1, 0.15) is 59.0 Å². The maximum atomic E-state index is 15.7. The fourth-order valence-corrected chi connectivity index (χ4v) is 6.38. The van der Waals surface area contributed by atoms with Crippen molar-refractivity contribution in [2.75, 3.05) is 39.1 Å². The second-order valence-corrected chi connectivity index (χ2v) is 11.3. The van der Waals surface area contributed by atoms with E-state index in [4.69, 9.17) is 10.5 Å². The van der Waals surface area contributed by atoms with Crippen LogP contribution in [0.25, 0.3) is 0 Å². The standard InChI is InChI=1S/C28H34FN5O4/c1-28(2)19-14-34(23(21(19)28)26(36)32-16-7-10-31-20(13-16)25(30)35)27(37)18-6-5-17(22(29)24(18)38-4)15-8-11-33(3)12-9-15/h5-7,10,13,15,19,21,23H,8-9,11-12,14H2,1-4H3,(H2,30,35)(H,31,32,36)/t19-,21-,23-/m0/s1. The van der Waals surface area contributed by atoms with Gasteiger partial charge >= 0.3 is 0 Å². The van der Waals surface area contributed by atoms with E-state index in [2.05, 4.69) is 36.1 Å². The third-order valence-electron chi connectivity index (χ3n) is 8.74. The lowest BCUT2D eigenvalue weighted by molar-refractivity contribution is -0.120. The van der Waals surface area contributed by atoms with E-state index in [9.17, 15) is 14.4 Å². The number of ether oxygens (including phenoxy) is 1. The Bertz CT molecular complexity index is 1290. The minimum atomic E-state index is -0.756. The molecule has 10 heteroatoms. The molecule has 0 radical (unpaired) electrons.